The molecule has 0 aliphatic carbocycles. The van der Waals surface area contributed by atoms with E-state index in [0.717, 1.165) is 0 Å². The second-order valence-electron chi connectivity index (χ2n) is 4.01. The van der Waals surface area contributed by atoms with Gasteiger partial charge in [0.15, 0.2) is 0 Å². The van der Waals surface area contributed by atoms with Gasteiger partial charge in [-0.25, -0.2) is 8.78 Å². The molecule has 0 aromatic carbocycles. The van der Waals surface area contributed by atoms with Crippen molar-refractivity contribution in [3.63, 3.8) is 0 Å². The topological polar surface area (TPSA) is 29.5 Å². The molecule has 1 rings (SSSR count). The Morgan fingerprint density at radius 1 is 1.60 bits per heavy atom. The van der Waals surface area contributed by atoms with Crippen LogP contribution >= 0.6 is 0 Å². The summed E-state index contributed by atoms with van der Waals surface area (Å²) in [6, 6.07) is 0. The first-order chi connectivity index (χ1) is 6.97. The van der Waals surface area contributed by atoms with Crippen LogP contribution in [0.15, 0.2) is 0 Å². The Balaban J connectivity index is 2.48. The van der Waals surface area contributed by atoms with Crippen molar-refractivity contribution in [2.24, 2.45) is 5.92 Å². The molecule has 0 radical (unpaired) electrons. The Morgan fingerprint density at radius 2 is 2.27 bits per heavy atom. The van der Waals surface area contributed by atoms with Crippen molar-refractivity contribution in [3.8, 4) is 0 Å². The first-order valence-electron chi connectivity index (χ1n) is 5.12. The minimum Gasteiger partial charge on any atom is -0.384 e. The highest BCUT2D eigenvalue weighted by molar-refractivity contribution is 5.76. The van der Waals surface area contributed by atoms with Crippen LogP contribution in [-0.2, 0) is 9.53 Å². The van der Waals surface area contributed by atoms with Gasteiger partial charge in [0, 0.05) is 19.6 Å². The number of likely N-dealkylation sites (tertiary alicyclic amines) is 1. The number of hydrogen-bond acceptors (Lipinski definition) is 2. The molecule has 5 heteroatoms. The average molecular weight is 221 g/mol. The summed E-state index contributed by atoms with van der Waals surface area (Å²) in [7, 11) is 1.49. The van der Waals surface area contributed by atoms with E-state index in [2.05, 4.69) is 0 Å². The summed E-state index contributed by atoms with van der Waals surface area (Å²) in [5.41, 5.74) is 0. The lowest BCUT2D eigenvalue weighted by Crippen LogP contribution is -2.50. The molecular formula is C10H17F2NO2. The lowest BCUT2D eigenvalue weighted by molar-refractivity contribution is -0.149. The first-order valence-corrected chi connectivity index (χ1v) is 5.12. The fourth-order valence-electron chi connectivity index (χ4n) is 1.61. The lowest BCUT2D eigenvalue weighted by Gasteiger charge is -2.36. The number of rotatable bonds is 3. The maximum absolute atomic E-state index is 13.3. The van der Waals surface area contributed by atoms with E-state index in [1.807, 2.05) is 0 Å². The predicted molar refractivity (Wildman–Crippen MR) is 51.8 cm³/mol. The Bertz CT molecular complexity index is 233. The SMILES string of the molecule is COCCC(=O)N1CC[C@@H](C)C(F)(F)C1. The van der Waals surface area contributed by atoms with Crippen molar-refractivity contribution < 1.29 is 18.3 Å². The highest BCUT2D eigenvalue weighted by Gasteiger charge is 2.42. The quantitative estimate of drug-likeness (QED) is 0.723. The number of amides is 1. The standard InChI is InChI=1S/C10H17F2NO2/c1-8-3-5-13(7-10(8,11)12)9(14)4-6-15-2/h8H,3-7H2,1-2H3/t8-/m1/s1. The van der Waals surface area contributed by atoms with E-state index in [1.165, 1.54) is 18.9 Å². The molecule has 1 fully saturated rings. The molecule has 1 amide bonds. The molecule has 1 aliphatic heterocycles. The third kappa shape index (κ3) is 3.12. The van der Waals surface area contributed by atoms with E-state index in [-0.39, 0.29) is 18.9 Å². The maximum atomic E-state index is 13.3. The number of piperidine rings is 1. The van der Waals surface area contributed by atoms with Crippen LogP contribution in [0.2, 0.25) is 0 Å². The number of halogens is 2. The Labute approximate surface area is 88.4 Å². The van der Waals surface area contributed by atoms with Gasteiger partial charge in [-0.3, -0.25) is 4.79 Å². The number of hydrogen-bond donors (Lipinski definition) is 0. The van der Waals surface area contributed by atoms with Crippen molar-refractivity contribution in [1.82, 2.24) is 4.90 Å². The van der Waals surface area contributed by atoms with Crippen LogP contribution in [-0.4, -0.2) is 43.5 Å². The lowest BCUT2D eigenvalue weighted by atomic mass is 9.95. The van der Waals surface area contributed by atoms with E-state index in [1.54, 1.807) is 0 Å². The van der Waals surface area contributed by atoms with E-state index in [9.17, 15) is 13.6 Å². The number of methoxy groups -OCH3 is 1. The molecule has 3 nitrogen and oxygen atoms in total. The zero-order chi connectivity index (χ0) is 11.5. The van der Waals surface area contributed by atoms with Gasteiger partial charge in [-0.15, -0.1) is 0 Å². The van der Waals surface area contributed by atoms with Gasteiger partial charge in [-0.05, 0) is 6.42 Å². The molecule has 0 N–H and O–H groups in total. The molecule has 0 spiro atoms. The first kappa shape index (κ1) is 12.4. The van der Waals surface area contributed by atoms with Crippen molar-refractivity contribution in [1.29, 1.82) is 0 Å². The maximum Gasteiger partial charge on any atom is 0.267 e. The third-order valence-electron chi connectivity index (χ3n) is 2.83. The van der Waals surface area contributed by atoms with Gasteiger partial charge in [0.1, 0.15) is 0 Å². The Morgan fingerprint density at radius 3 is 2.80 bits per heavy atom. The van der Waals surface area contributed by atoms with E-state index in [4.69, 9.17) is 4.74 Å². The van der Waals surface area contributed by atoms with Gasteiger partial charge in [-0.1, -0.05) is 6.92 Å². The van der Waals surface area contributed by atoms with Crippen molar-refractivity contribution in [3.05, 3.63) is 0 Å². The number of nitrogens with zero attached hydrogens (tertiary/aromatic N) is 1. The number of carbonyl (C=O) groups is 1. The monoisotopic (exact) mass is 221 g/mol. The summed E-state index contributed by atoms with van der Waals surface area (Å²) in [6.07, 6.45) is 0.548. The molecule has 88 valence electrons. The summed E-state index contributed by atoms with van der Waals surface area (Å²) >= 11 is 0. The fourth-order valence-corrected chi connectivity index (χ4v) is 1.61. The summed E-state index contributed by atoms with van der Waals surface area (Å²) in [5, 5.41) is 0. The van der Waals surface area contributed by atoms with Crippen LogP contribution in [0.25, 0.3) is 0 Å². The number of carbonyl (C=O) groups excluding carboxylic acids is 1. The van der Waals surface area contributed by atoms with Crippen LogP contribution in [0, 0.1) is 5.92 Å². The zero-order valence-corrected chi connectivity index (χ0v) is 9.13. The average Bonchev–Trinajstić information content (AvgIpc) is 2.18. The molecular weight excluding hydrogens is 204 g/mol. The molecule has 0 aromatic rings. The second-order valence-corrected chi connectivity index (χ2v) is 4.01. The summed E-state index contributed by atoms with van der Waals surface area (Å²) in [4.78, 5) is 12.7. The van der Waals surface area contributed by atoms with E-state index in [0.29, 0.717) is 13.0 Å². The predicted octanol–water partition coefficient (Wildman–Crippen LogP) is 1.53. The van der Waals surface area contributed by atoms with Crippen LogP contribution in [0.3, 0.4) is 0 Å². The minimum absolute atomic E-state index is 0.182. The molecule has 0 unspecified atom stereocenters. The molecule has 0 bridgehead atoms. The molecule has 0 saturated carbocycles. The molecule has 1 aliphatic rings. The van der Waals surface area contributed by atoms with Gasteiger partial charge in [0.05, 0.1) is 19.6 Å². The second kappa shape index (κ2) is 4.88. The molecule has 1 heterocycles. The Kier molecular flexibility index (Phi) is 4.02. The number of alkyl halides is 2. The van der Waals surface area contributed by atoms with Crippen LogP contribution in [0.4, 0.5) is 8.78 Å². The largest absolute Gasteiger partial charge is 0.384 e. The normalized spacial score (nSPS) is 25.3. The highest BCUT2D eigenvalue weighted by Crippen LogP contribution is 2.32. The Hall–Kier alpha value is -0.710. The zero-order valence-electron chi connectivity index (χ0n) is 9.13. The van der Waals surface area contributed by atoms with Gasteiger partial charge < -0.3 is 9.64 Å². The minimum atomic E-state index is -2.75. The van der Waals surface area contributed by atoms with Gasteiger partial charge in [0.25, 0.3) is 5.92 Å². The van der Waals surface area contributed by atoms with Crippen molar-refractivity contribution in [2.45, 2.75) is 25.7 Å². The summed E-state index contributed by atoms with van der Waals surface area (Å²) in [5.74, 6) is -3.63. The van der Waals surface area contributed by atoms with Crippen LogP contribution in [0.1, 0.15) is 19.8 Å². The van der Waals surface area contributed by atoms with E-state index < -0.39 is 18.4 Å². The molecule has 1 atom stereocenters. The van der Waals surface area contributed by atoms with Crippen molar-refractivity contribution >= 4 is 5.91 Å². The summed E-state index contributed by atoms with van der Waals surface area (Å²) < 4.78 is 31.4. The van der Waals surface area contributed by atoms with Crippen LogP contribution < -0.4 is 0 Å². The summed E-state index contributed by atoms with van der Waals surface area (Å²) in [6.45, 7) is 1.80. The van der Waals surface area contributed by atoms with E-state index >= 15 is 0 Å². The molecule has 0 aromatic heterocycles. The number of ether oxygens (including phenoxy) is 1. The highest BCUT2D eigenvalue weighted by atomic mass is 19.3. The van der Waals surface area contributed by atoms with Gasteiger partial charge in [0.2, 0.25) is 5.91 Å². The smallest absolute Gasteiger partial charge is 0.267 e. The van der Waals surface area contributed by atoms with Gasteiger partial charge in [-0.2, -0.15) is 0 Å². The molecule has 1 saturated heterocycles. The van der Waals surface area contributed by atoms with Crippen molar-refractivity contribution in [2.75, 3.05) is 26.8 Å². The fraction of sp³-hybridized carbons (Fsp3) is 0.900. The van der Waals surface area contributed by atoms with Crippen LogP contribution in [0.5, 0.6) is 0 Å². The third-order valence-corrected chi connectivity index (χ3v) is 2.83. The molecule has 15 heavy (non-hydrogen) atoms. The van der Waals surface area contributed by atoms with Gasteiger partial charge >= 0.3 is 0 Å².